The number of alkyl halides is 3. The van der Waals surface area contributed by atoms with E-state index in [4.69, 9.17) is 4.74 Å². The van der Waals surface area contributed by atoms with Crippen LogP contribution in [-0.4, -0.2) is 26.2 Å². The van der Waals surface area contributed by atoms with Gasteiger partial charge in [-0.1, -0.05) is 12.1 Å². The monoisotopic (exact) mass is 338 g/mol. The molecule has 2 heterocycles. The lowest BCUT2D eigenvalue weighted by molar-refractivity contribution is -0.139. The smallest absolute Gasteiger partial charge is 0.419 e. The molecule has 0 spiro atoms. The number of para-hydroxylation sites is 1. The van der Waals surface area contributed by atoms with Gasteiger partial charge in [0.2, 0.25) is 0 Å². The predicted molar refractivity (Wildman–Crippen MR) is 79.7 cm³/mol. The quantitative estimate of drug-likeness (QED) is 0.732. The molecule has 0 aliphatic carbocycles. The van der Waals surface area contributed by atoms with Gasteiger partial charge in [-0.2, -0.15) is 23.4 Å². The molecule has 0 saturated heterocycles. The molecule has 1 aromatic carbocycles. The molecule has 0 N–H and O–H groups in total. The van der Waals surface area contributed by atoms with E-state index in [1.165, 1.54) is 47.0 Å². The minimum atomic E-state index is -4.49. The molecule has 0 aliphatic heterocycles. The second-order valence-corrected chi connectivity index (χ2v) is 5.09. The molecule has 2 aromatic heterocycles. The first-order chi connectivity index (χ1) is 11.4. The molecule has 0 amide bonds. The van der Waals surface area contributed by atoms with E-state index < -0.39 is 11.7 Å². The maximum Gasteiger partial charge on any atom is 0.419 e. The highest BCUT2D eigenvalue weighted by Gasteiger charge is 2.33. The van der Waals surface area contributed by atoms with Crippen molar-refractivity contribution in [1.82, 2.24) is 19.6 Å². The number of benzene rings is 1. The van der Waals surface area contributed by atoms with Gasteiger partial charge in [0.05, 0.1) is 24.5 Å². The number of rotatable bonds is 4. The topological polar surface area (TPSA) is 61.9 Å². The Kier molecular flexibility index (Phi) is 4.00. The normalized spacial score (nSPS) is 11.8. The molecular weight excluding hydrogens is 325 g/mol. The van der Waals surface area contributed by atoms with E-state index in [1.807, 2.05) is 0 Å². The van der Waals surface area contributed by atoms with Gasteiger partial charge in [-0.3, -0.25) is 9.48 Å². The highest BCUT2D eigenvalue weighted by atomic mass is 19.4. The molecule has 0 bridgehead atoms. The Morgan fingerprint density at radius 1 is 1.17 bits per heavy atom. The van der Waals surface area contributed by atoms with Crippen LogP contribution in [0.4, 0.5) is 13.2 Å². The summed E-state index contributed by atoms with van der Waals surface area (Å²) in [5, 5.41) is 8.51. The fourth-order valence-corrected chi connectivity index (χ4v) is 2.32. The van der Waals surface area contributed by atoms with E-state index in [-0.39, 0.29) is 24.5 Å². The molecule has 0 radical (unpaired) electrons. The van der Waals surface area contributed by atoms with Crippen molar-refractivity contribution in [3.63, 3.8) is 0 Å². The second-order valence-electron chi connectivity index (χ2n) is 5.09. The molecule has 6 nitrogen and oxygen atoms in total. The summed E-state index contributed by atoms with van der Waals surface area (Å²) < 4.78 is 46.5. The molecule has 126 valence electrons. The van der Waals surface area contributed by atoms with Crippen LogP contribution < -0.4 is 10.3 Å². The maximum atomic E-state index is 12.9. The number of ether oxygens (including phenoxy) is 1. The Morgan fingerprint density at radius 2 is 1.88 bits per heavy atom. The third kappa shape index (κ3) is 2.97. The number of hydrogen-bond acceptors (Lipinski definition) is 4. The Morgan fingerprint density at radius 3 is 2.62 bits per heavy atom. The van der Waals surface area contributed by atoms with Gasteiger partial charge < -0.3 is 4.74 Å². The van der Waals surface area contributed by atoms with E-state index in [0.29, 0.717) is 10.9 Å². The number of fused-ring (bicyclic) bond motifs is 1. The highest BCUT2D eigenvalue weighted by Crippen LogP contribution is 2.35. The van der Waals surface area contributed by atoms with Crippen molar-refractivity contribution in [2.24, 2.45) is 7.05 Å². The molecule has 9 heteroatoms. The number of halogens is 3. The average molecular weight is 338 g/mol. The van der Waals surface area contributed by atoms with E-state index in [9.17, 15) is 18.0 Å². The molecular formula is C15H13F3N4O2. The van der Waals surface area contributed by atoms with Crippen LogP contribution in [0.2, 0.25) is 0 Å². The van der Waals surface area contributed by atoms with Crippen molar-refractivity contribution in [2.45, 2.75) is 12.7 Å². The average Bonchev–Trinajstić information content (AvgIpc) is 2.94. The number of hydrogen-bond donors (Lipinski definition) is 0. The van der Waals surface area contributed by atoms with Gasteiger partial charge in [-0.15, -0.1) is 0 Å². The van der Waals surface area contributed by atoms with Crippen molar-refractivity contribution in [3.05, 3.63) is 52.6 Å². The summed E-state index contributed by atoms with van der Waals surface area (Å²) in [4.78, 5) is 12.1. The largest absolute Gasteiger partial charge is 0.491 e. The van der Waals surface area contributed by atoms with Crippen LogP contribution in [0.15, 0.2) is 41.5 Å². The SMILES string of the molecule is Cn1ncc2cnn(CCOc3ccccc3C(F)(F)F)c2c1=O. The van der Waals surface area contributed by atoms with Gasteiger partial charge >= 0.3 is 6.18 Å². The van der Waals surface area contributed by atoms with Crippen LogP contribution >= 0.6 is 0 Å². The molecule has 0 unspecified atom stereocenters. The molecule has 24 heavy (non-hydrogen) atoms. The van der Waals surface area contributed by atoms with Crippen molar-refractivity contribution >= 4 is 10.9 Å². The van der Waals surface area contributed by atoms with Crippen molar-refractivity contribution in [1.29, 1.82) is 0 Å². The fraction of sp³-hybridized carbons (Fsp3) is 0.267. The minimum Gasteiger partial charge on any atom is -0.491 e. The Bertz CT molecular complexity index is 930. The Balaban J connectivity index is 1.79. The Labute approximate surface area is 134 Å². The summed E-state index contributed by atoms with van der Waals surface area (Å²) in [7, 11) is 1.51. The van der Waals surface area contributed by atoms with Crippen molar-refractivity contribution < 1.29 is 17.9 Å². The third-order valence-electron chi connectivity index (χ3n) is 3.49. The highest BCUT2D eigenvalue weighted by molar-refractivity contribution is 5.76. The lowest BCUT2D eigenvalue weighted by Gasteiger charge is -2.13. The van der Waals surface area contributed by atoms with Crippen LogP contribution in [0, 0.1) is 0 Å². The summed E-state index contributed by atoms with van der Waals surface area (Å²) in [5.74, 6) is -0.254. The summed E-state index contributed by atoms with van der Waals surface area (Å²) in [6, 6.07) is 4.98. The molecule has 0 aliphatic rings. The van der Waals surface area contributed by atoms with Gasteiger partial charge in [0.15, 0.2) is 0 Å². The fourth-order valence-electron chi connectivity index (χ4n) is 2.32. The number of aromatic nitrogens is 4. The lowest BCUT2D eigenvalue weighted by atomic mass is 10.2. The third-order valence-corrected chi connectivity index (χ3v) is 3.49. The van der Waals surface area contributed by atoms with Gasteiger partial charge in [-0.25, -0.2) is 4.68 Å². The zero-order valence-corrected chi connectivity index (χ0v) is 12.6. The van der Waals surface area contributed by atoms with Gasteiger partial charge in [-0.05, 0) is 12.1 Å². The first-order valence-electron chi connectivity index (χ1n) is 7.05. The van der Waals surface area contributed by atoms with Crippen molar-refractivity contribution in [3.8, 4) is 5.75 Å². The van der Waals surface area contributed by atoms with Crippen molar-refractivity contribution in [2.75, 3.05) is 6.61 Å². The summed E-state index contributed by atoms with van der Waals surface area (Å²) in [6.45, 7) is 0.0737. The first kappa shape index (κ1) is 16.0. The molecule has 0 fully saturated rings. The van der Waals surface area contributed by atoms with E-state index >= 15 is 0 Å². The standard InChI is InChI=1S/C15H13F3N4O2/c1-21-14(23)13-10(8-19-21)9-20-22(13)6-7-24-12-5-3-2-4-11(12)15(16,17)18/h2-5,8-9H,6-7H2,1H3. The van der Waals surface area contributed by atoms with Crippen LogP contribution in [0.5, 0.6) is 5.75 Å². The Hall–Kier alpha value is -2.84. The van der Waals surface area contributed by atoms with E-state index in [1.54, 1.807) is 0 Å². The molecule has 3 rings (SSSR count). The van der Waals surface area contributed by atoms with Crippen LogP contribution in [-0.2, 0) is 19.8 Å². The van der Waals surface area contributed by atoms with E-state index in [2.05, 4.69) is 10.2 Å². The zero-order chi connectivity index (χ0) is 17.3. The summed E-state index contributed by atoms with van der Waals surface area (Å²) >= 11 is 0. The molecule has 0 atom stereocenters. The zero-order valence-electron chi connectivity index (χ0n) is 12.6. The first-order valence-corrected chi connectivity index (χ1v) is 7.05. The molecule has 3 aromatic rings. The van der Waals surface area contributed by atoms with Gasteiger partial charge in [0, 0.05) is 12.4 Å². The van der Waals surface area contributed by atoms with E-state index in [0.717, 1.165) is 6.07 Å². The molecule has 0 saturated carbocycles. The number of nitrogens with zero attached hydrogens (tertiary/aromatic N) is 4. The van der Waals surface area contributed by atoms with Crippen LogP contribution in [0.3, 0.4) is 0 Å². The summed E-state index contributed by atoms with van der Waals surface area (Å²) in [5.41, 5.74) is -0.837. The second kappa shape index (κ2) is 5.99. The van der Waals surface area contributed by atoms with Gasteiger partial charge in [0.1, 0.15) is 17.9 Å². The summed E-state index contributed by atoms with van der Waals surface area (Å²) in [6.07, 6.45) is -1.51. The van der Waals surface area contributed by atoms with Crippen LogP contribution in [0.1, 0.15) is 5.56 Å². The van der Waals surface area contributed by atoms with Crippen LogP contribution in [0.25, 0.3) is 10.9 Å². The van der Waals surface area contributed by atoms with Gasteiger partial charge in [0.25, 0.3) is 5.56 Å². The number of aryl methyl sites for hydroxylation is 1. The maximum absolute atomic E-state index is 12.9. The minimum absolute atomic E-state index is 0.0602. The lowest BCUT2D eigenvalue weighted by Crippen LogP contribution is -2.22. The predicted octanol–water partition coefficient (Wildman–Crippen LogP) is 2.23.